The molecule has 1 aromatic carbocycles. The van der Waals surface area contributed by atoms with Gasteiger partial charge in [-0.05, 0) is 38.3 Å². The summed E-state index contributed by atoms with van der Waals surface area (Å²) in [6.07, 6.45) is 3.83. The first-order chi connectivity index (χ1) is 8.77. The molecule has 0 spiro atoms. The summed E-state index contributed by atoms with van der Waals surface area (Å²) >= 11 is 6.29. The molecule has 0 saturated carbocycles. The summed E-state index contributed by atoms with van der Waals surface area (Å²) in [4.78, 5) is 4.68. The summed E-state index contributed by atoms with van der Waals surface area (Å²) < 4.78 is 2.23. The highest BCUT2D eigenvalue weighted by atomic mass is 35.5. The maximum absolute atomic E-state index is 6.29. The lowest BCUT2D eigenvalue weighted by molar-refractivity contribution is 0.475. The van der Waals surface area contributed by atoms with Crippen LogP contribution in [-0.4, -0.2) is 22.7 Å². The molecule has 1 aliphatic heterocycles. The molecular formula is C14H18ClN3. The van der Waals surface area contributed by atoms with E-state index in [1.807, 2.05) is 13.0 Å². The molecule has 96 valence electrons. The van der Waals surface area contributed by atoms with E-state index in [1.54, 1.807) is 0 Å². The van der Waals surface area contributed by atoms with E-state index in [2.05, 4.69) is 32.9 Å². The minimum absolute atomic E-state index is 0.0701. The van der Waals surface area contributed by atoms with Gasteiger partial charge < -0.3 is 5.01 Å². The van der Waals surface area contributed by atoms with Crippen molar-refractivity contribution in [1.29, 1.82) is 0 Å². The third kappa shape index (κ3) is 1.97. The molecule has 3 nitrogen and oxygen atoms in total. The molecule has 4 heteroatoms. The van der Waals surface area contributed by atoms with Gasteiger partial charge in [0.15, 0.2) is 0 Å². The van der Waals surface area contributed by atoms with Crippen molar-refractivity contribution in [3.63, 3.8) is 0 Å². The number of imidazole rings is 1. The number of rotatable bonds is 2. The van der Waals surface area contributed by atoms with Crippen LogP contribution < -0.4 is 5.01 Å². The highest BCUT2D eigenvalue weighted by Crippen LogP contribution is 2.25. The lowest BCUT2D eigenvalue weighted by Crippen LogP contribution is -2.40. The van der Waals surface area contributed by atoms with E-state index in [-0.39, 0.29) is 5.38 Å². The van der Waals surface area contributed by atoms with Gasteiger partial charge in [0, 0.05) is 13.1 Å². The lowest BCUT2D eigenvalue weighted by Gasteiger charge is -2.31. The summed E-state index contributed by atoms with van der Waals surface area (Å²) in [5.41, 5.74) is 2.20. The van der Waals surface area contributed by atoms with Gasteiger partial charge in [0.1, 0.15) is 5.82 Å². The summed E-state index contributed by atoms with van der Waals surface area (Å²) in [7, 11) is 0. The van der Waals surface area contributed by atoms with Crippen LogP contribution in [0, 0.1) is 0 Å². The van der Waals surface area contributed by atoms with Crippen molar-refractivity contribution in [2.45, 2.75) is 31.6 Å². The minimum Gasteiger partial charge on any atom is -0.311 e. The van der Waals surface area contributed by atoms with Crippen LogP contribution >= 0.6 is 11.6 Å². The number of hydrogen-bond acceptors (Lipinski definition) is 2. The van der Waals surface area contributed by atoms with Crippen molar-refractivity contribution in [1.82, 2.24) is 9.66 Å². The van der Waals surface area contributed by atoms with Crippen molar-refractivity contribution in [2.24, 2.45) is 0 Å². The van der Waals surface area contributed by atoms with E-state index >= 15 is 0 Å². The Bertz CT molecular complexity index is 541. The number of aromatic nitrogens is 2. The van der Waals surface area contributed by atoms with E-state index in [0.717, 1.165) is 24.4 Å². The smallest absolute Gasteiger partial charge is 0.146 e. The number of piperidine rings is 1. The molecule has 1 aromatic heterocycles. The third-order valence-corrected chi connectivity index (χ3v) is 3.73. The monoisotopic (exact) mass is 263 g/mol. The Kier molecular flexibility index (Phi) is 3.16. The molecule has 1 fully saturated rings. The average Bonchev–Trinajstić information content (AvgIpc) is 2.79. The summed E-state index contributed by atoms with van der Waals surface area (Å²) in [5.74, 6) is 0.958. The molecule has 2 aromatic rings. The van der Waals surface area contributed by atoms with Crippen LogP contribution in [0.5, 0.6) is 0 Å². The van der Waals surface area contributed by atoms with Crippen LogP contribution in [0.4, 0.5) is 0 Å². The van der Waals surface area contributed by atoms with Crippen molar-refractivity contribution in [2.75, 3.05) is 18.1 Å². The highest BCUT2D eigenvalue weighted by Gasteiger charge is 2.20. The zero-order valence-electron chi connectivity index (χ0n) is 10.6. The van der Waals surface area contributed by atoms with Crippen molar-refractivity contribution in [3.05, 3.63) is 30.1 Å². The maximum Gasteiger partial charge on any atom is 0.146 e. The fraction of sp³-hybridized carbons (Fsp3) is 0.500. The number of alkyl halides is 1. The normalized spacial score (nSPS) is 18.2. The predicted molar refractivity (Wildman–Crippen MR) is 75.8 cm³/mol. The molecule has 1 atom stereocenters. The quantitative estimate of drug-likeness (QED) is 0.774. The number of nitrogens with zero attached hydrogens (tertiary/aromatic N) is 3. The Labute approximate surface area is 112 Å². The molecular weight excluding hydrogens is 246 g/mol. The van der Waals surface area contributed by atoms with Crippen LogP contribution in [0.25, 0.3) is 11.0 Å². The SMILES string of the molecule is CC(Cl)c1nc2ccccc2n1N1CCCCC1. The Morgan fingerprint density at radius 1 is 1.17 bits per heavy atom. The van der Waals surface area contributed by atoms with Gasteiger partial charge in [-0.1, -0.05) is 12.1 Å². The first-order valence-corrected chi connectivity index (χ1v) is 7.07. The van der Waals surface area contributed by atoms with E-state index in [9.17, 15) is 0 Å². The number of fused-ring (bicyclic) bond motifs is 1. The number of benzene rings is 1. The Balaban J connectivity index is 2.14. The van der Waals surface area contributed by atoms with E-state index in [4.69, 9.17) is 11.6 Å². The largest absolute Gasteiger partial charge is 0.311 e. The molecule has 1 unspecified atom stereocenters. The lowest BCUT2D eigenvalue weighted by atomic mass is 10.2. The van der Waals surface area contributed by atoms with Gasteiger partial charge in [-0.25, -0.2) is 9.66 Å². The molecule has 1 saturated heterocycles. The first-order valence-electron chi connectivity index (χ1n) is 6.64. The Morgan fingerprint density at radius 3 is 2.61 bits per heavy atom. The summed E-state index contributed by atoms with van der Waals surface area (Å²) in [6, 6.07) is 8.27. The second-order valence-corrected chi connectivity index (χ2v) is 5.56. The van der Waals surface area contributed by atoms with Crippen molar-refractivity contribution in [3.8, 4) is 0 Å². The van der Waals surface area contributed by atoms with Crippen LogP contribution in [0.1, 0.15) is 37.4 Å². The number of halogens is 1. The maximum atomic E-state index is 6.29. The molecule has 3 rings (SSSR count). The van der Waals surface area contributed by atoms with Crippen LogP contribution in [-0.2, 0) is 0 Å². The van der Waals surface area contributed by atoms with Crippen LogP contribution in [0.15, 0.2) is 24.3 Å². The molecule has 1 aliphatic rings. The predicted octanol–water partition coefficient (Wildman–Crippen LogP) is 3.46. The topological polar surface area (TPSA) is 21.1 Å². The van der Waals surface area contributed by atoms with E-state index in [0.29, 0.717) is 0 Å². The average molecular weight is 264 g/mol. The van der Waals surface area contributed by atoms with Crippen LogP contribution in [0.2, 0.25) is 0 Å². The molecule has 2 heterocycles. The number of hydrogen-bond donors (Lipinski definition) is 0. The van der Waals surface area contributed by atoms with Gasteiger partial charge >= 0.3 is 0 Å². The molecule has 0 aliphatic carbocycles. The first kappa shape index (κ1) is 11.8. The highest BCUT2D eigenvalue weighted by molar-refractivity contribution is 6.20. The fourth-order valence-corrected chi connectivity index (χ4v) is 2.81. The fourth-order valence-electron chi connectivity index (χ4n) is 2.66. The van der Waals surface area contributed by atoms with Gasteiger partial charge in [0.25, 0.3) is 0 Å². The second-order valence-electron chi connectivity index (χ2n) is 4.90. The summed E-state index contributed by atoms with van der Waals surface area (Å²) in [5, 5.41) is 2.31. The van der Waals surface area contributed by atoms with E-state index in [1.165, 1.54) is 24.8 Å². The van der Waals surface area contributed by atoms with Crippen LogP contribution in [0.3, 0.4) is 0 Å². The zero-order valence-corrected chi connectivity index (χ0v) is 11.4. The van der Waals surface area contributed by atoms with Crippen molar-refractivity contribution < 1.29 is 0 Å². The van der Waals surface area contributed by atoms with Gasteiger partial charge in [-0.15, -0.1) is 11.6 Å². The second kappa shape index (κ2) is 4.81. The summed E-state index contributed by atoms with van der Waals surface area (Å²) in [6.45, 7) is 4.18. The Morgan fingerprint density at radius 2 is 1.89 bits per heavy atom. The molecule has 18 heavy (non-hydrogen) atoms. The van der Waals surface area contributed by atoms with Gasteiger partial charge in [-0.3, -0.25) is 0 Å². The molecule has 0 amide bonds. The zero-order chi connectivity index (χ0) is 12.5. The molecule has 0 bridgehead atoms. The Hall–Kier alpha value is -1.22. The van der Waals surface area contributed by atoms with Gasteiger partial charge in [-0.2, -0.15) is 0 Å². The molecule has 0 N–H and O–H groups in total. The van der Waals surface area contributed by atoms with Gasteiger partial charge in [0.05, 0.1) is 16.4 Å². The number of para-hydroxylation sites is 2. The minimum atomic E-state index is -0.0701. The third-order valence-electron chi connectivity index (χ3n) is 3.53. The van der Waals surface area contributed by atoms with Crippen molar-refractivity contribution >= 4 is 22.6 Å². The molecule has 0 radical (unpaired) electrons. The van der Waals surface area contributed by atoms with E-state index < -0.39 is 0 Å². The van der Waals surface area contributed by atoms with Gasteiger partial charge in [0.2, 0.25) is 0 Å². The standard InChI is InChI=1S/C14H18ClN3/c1-11(15)14-16-12-7-3-4-8-13(12)18(14)17-9-5-2-6-10-17/h3-4,7-8,11H,2,5-6,9-10H2,1H3.